The van der Waals surface area contributed by atoms with E-state index in [2.05, 4.69) is 10.1 Å². The van der Waals surface area contributed by atoms with E-state index >= 15 is 0 Å². The predicted octanol–water partition coefficient (Wildman–Crippen LogP) is 0.883. The van der Waals surface area contributed by atoms with Gasteiger partial charge in [-0.2, -0.15) is 4.98 Å². The smallest absolute Gasteiger partial charge is 0.283 e. The maximum Gasteiger partial charge on any atom is 0.283 e. The second kappa shape index (κ2) is 8.38. The number of benzene rings is 1. The Bertz CT molecular complexity index is 1230. The first-order valence-electron chi connectivity index (χ1n) is 9.38. The third kappa shape index (κ3) is 4.20. The Morgan fingerprint density at radius 3 is 2.66 bits per heavy atom. The Kier molecular flexibility index (Phi) is 5.68. The highest BCUT2D eigenvalue weighted by molar-refractivity contribution is 7.98. The van der Waals surface area contributed by atoms with Crippen molar-refractivity contribution in [3.8, 4) is 5.13 Å². The van der Waals surface area contributed by atoms with Gasteiger partial charge in [-0.05, 0) is 49.3 Å². The monoisotopic (exact) mass is 427 g/mol. The van der Waals surface area contributed by atoms with Crippen molar-refractivity contribution in [2.75, 3.05) is 19.3 Å². The molecule has 0 bridgehead atoms. The maximum atomic E-state index is 12.5. The fourth-order valence-electron chi connectivity index (χ4n) is 3.29. The van der Waals surface area contributed by atoms with Gasteiger partial charge in [-0.15, -0.1) is 11.8 Å². The summed E-state index contributed by atoms with van der Waals surface area (Å²) in [6.07, 6.45) is 8.41. The number of H-pyrrole nitrogens is 1. The number of likely N-dealkylation sites (tertiary alicyclic amines) is 1. The fraction of sp³-hybridized carbons (Fsp3) is 0.300. The third-order valence-electron chi connectivity index (χ3n) is 4.87. The second-order valence-electron chi connectivity index (χ2n) is 6.82. The molecule has 7 nitrogen and oxygen atoms in total. The molecule has 0 spiro atoms. The topological polar surface area (TPSA) is 94.8 Å². The van der Waals surface area contributed by atoms with E-state index in [1.54, 1.807) is 17.8 Å². The molecule has 0 aromatic heterocycles. The van der Waals surface area contributed by atoms with Gasteiger partial charge in [-0.3, -0.25) is 20.1 Å². The lowest BCUT2D eigenvalue weighted by atomic mass is 10.1. The lowest BCUT2D eigenvalue weighted by molar-refractivity contribution is -0.125. The molecule has 3 aliphatic rings. The molecule has 1 fully saturated rings. The summed E-state index contributed by atoms with van der Waals surface area (Å²) < 4.78 is 2.02. The average molecular weight is 428 g/mol. The predicted molar refractivity (Wildman–Crippen MR) is 115 cm³/mol. The van der Waals surface area contributed by atoms with Crippen molar-refractivity contribution < 1.29 is 4.79 Å². The van der Waals surface area contributed by atoms with Crippen LogP contribution >= 0.6 is 23.1 Å². The molecule has 1 saturated heterocycles. The van der Waals surface area contributed by atoms with Crippen molar-refractivity contribution in [2.24, 2.45) is 0 Å². The van der Waals surface area contributed by atoms with Crippen LogP contribution in [-0.2, 0) is 4.79 Å². The number of nitrogens with zero attached hydrogens (tertiary/aromatic N) is 3. The van der Waals surface area contributed by atoms with Gasteiger partial charge in [0.1, 0.15) is 4.66 Å². The number of aromatic amines is 1. The zero-order valence-corrected chi connectivity index (χ0v) is 17.6. The van der Waals surface area contributed by atoms with Gasteiger partial charge in [0.25, 0.3) is 5.56 Å². The minimum absolute atomic E-state index is 0.0234. The largest absolute Gasteiger partial charge is 0.339 e. The molecular formula is C20H21N5O2S2. The van der Waals surface area contributed by atoms with Gasteiger partial charge in [-0.25, -0.2) is 4.68 Å². The summed E-state index contributed by atoms with van der Waals surface area (Å²) in [7, 11) is 0. The Morgan fingerprint density at radius 2 is 1.97 bits per heavy atom. The highest BCUT2D eigenvalue weighted by Gasteiger charge is 2.15. The van der Waals surface area contributed by atoms with E-state index in [0.717, 1.165) is 42.8 Å². The van der Waals surface area contributed by atoms with E-state index in [9.17, 15) is 9.59 Å². The van der Waals surface area contributed by atoms with Crippen LogP contribution in [-0.4, -0.2) is 44.9 Å². The van der Waals surface area contributed by atoms with E-state index in [-0.39, 0.29) is 16.6 Å². The van der Waals surface area contributed by atoms with Gasteiger partial charge < -0.3 is 4.90 Å². The number of nitrogens with one attached hydrogen (secondary N) is 2. The summed E-state index contributed by atoms with van der Waals surface area (Å²) in [6.45, 7) is 1.54. The molecule has 150 valence electrons. The molecule has 9 heteroatoms. The maximum absolute atomic E-state index is 12.5. The Balaban J connectivity index is 1.75. The molecule has 2 N–H and O–H groups in total. The number of carbonyl (C=O) groups is 1. The van der Waals surface area contributed by atoms with Crippen LogP contribution in [0.25, 0.3) is 17.3 Å². The van der Waals surface area contributed by atoms with Gasteiger partial charge in [0, 0.05) is 24.1 Å². The summed E-state index contributed by atoms with van der Waals surface area (Å²) in [6, 6.07) is 7.76. The van der Waals surface area contributed by atoms with Crippen LogP contribution in [0.1, 0.15) is 24.8 Å². The molecule has 4 rings (SSSR count). The first-order valence-corrected chi connectivity index (χ1v) is 11.4. The van der Waals surface area contributed by atoms with Crippen LogP contribution in [0.3, 0.4) is 0 Å². The SMILES string of the molecule is CSc1ccc(/C=c2/c(=O)nc3s/c(=C/C(=O)N4CCCCC4)[nH]n-3c2=N)cc1. The zero-order valence-electron chi connectivity index (χ0n) is 16.0. The number of amides is 1. The lowest BCUT2D eigenvalue weighted by Crippen LogP contribution is -2.47. The molecular weight excluding hydrogens is 406 g/mol. The van der Waals surface area contributed by atoms with E-state index in [1.807, 2.05) is 35.4 Å². The van der Waals surface area contributed by atoms with Crippen molar-refractivity contribution in [2.45, 2.75) is 24.2 Å². The van der Waals surface area contributed by atoms with Gasteiger partial charge in [0.15, 0.2) is 5.49 Å². The molecule has 1 amide bonds. The number of thioether (sulfide) groups is 1. The Hall–Kier alpha value is -2.65. The Morgan fingerprint density at radius 1 is 1.24 bits per heavy atom. The lowest BCUT2D eigenvalue weighted by Gasteiger charge is -2.25. The third-order valence-corrected chi connectivity index (χ3v) is 6.50. The minimum atomic E-state index is -0.451. The molecule has 0 saturated carbocycles. The highest BCUT2D eigenvalue weighted by atomic mass is 32.2. The Labute approximate surface area is 175 Å². The fourth-order valence-corrected chi connectivity index (χ4v) is 4.55. The molecule has 0 atom stereocenters. The molecule has 0 radical (unpaired) electrons. The first-order chi connectivity index (χ1) is 14.0. The summed E-state index contributed by atoms with van der Waals surface area (Å²) >= 11 is 2.84. The highest BCUT2D eigenvalue weighted by Crippen LogP contribution is 2.15. The molecule has 29 heavy (non-hydrogen) atoms. The quantitative estimate of drug-likeness (QED) is 0.607. The van der Waals surface area contributed by atoms with Gasteiger partial charge in [-0.1, -0.05) is 23.5 Å². The average Bonchev–Trinajstić information content (AvgIpc) is 3.14. The van der Waals surface area contributed by atoms with Crippen LogP contribution in [0, 0.1) is 5.41 Å². The molecule has 1 aromatic rings. The van der Waals surface area contributed by atoms with Crippen LogP contribution in [0.4, 0.5) is 0 Å². The minimum Gasteiger partial charge on any atom is -0.339 e. The molecule has 1 aromatic carbocycles. The molecule has 0 aliphatic carbocycles. The van der Waals surface area contributed by atoms with Crippen LogP contribution in [0.2, 0.25) is 0 Å². The molecule has 3 aliphatic heterocycles. The van der Waals surface area contributed by atoms with Gasteiger partial charge in [0.05, 0.1) is 5.22 Å². The van der Waals surface area contributed by atoms with E-state index < -0.39 is 5.56 Å². The zero-order chi connectivity index (χ0) is 20.4. The summed E-state index contributed by atoms with van der Waals surface area (Å²) in [5.74, 6) is -0.0531. The van der Waals surface area contributed by atoms with E-state index in [4.69, 9.17) is 5.41 Å². The number of fused-ring (bicyclic) bond motifs is 1. The van der Waals surface area contributed by atoms with Crippen molar-refractivity contribution in [3.05, 3.63) is 55.6 Å². The van der Waals surface area contributed by atoms with E-state index in [0.29, 0.717) is 9.79 Å². The summed E-state index contributed by atoms with van der Waals surface area (Å²) in [4.78, 5) is 32.0. The van der Waals surface area contributed by atoms with Gasteiger partial charge in [0.2, 0.25) is 11.0 Å². The summed E-state index contributed by atoms with van der Waals surface area (Å²) in [5.41, 5.74) is 0.404. The second-order valence-corrected chi connectivity index (χ2v) is 8.71. The standard InChI is InChI=1S/C20H21N5O2S2/c1-28-14-7-5-13(6-8-14)11-15-18(21)25-20(22-19(15)27)29-16(23-25)12-17(26)24-9-3-2-4-10-24/h5-8,11-12,21,23H,2-4,9-10H2,1H3/b15-11+,16-12+,21-18?. The van der Waals surface area contributed by atoms with Crippen molar-refractivity contribution >= 4 is 41.2 Å². The van der Waals surface area contributed by atoms with Crippen molar-refractivity contribution in [1.82, 2.24) is 19.7 Å². The van der Waals surface area contributed by atoms with Crippen LogP contribution in [0.5, 0.6) is 0 Å². The van der Waals surface area contributed by atoms with Crippen molar-refractivity contribution in [1.29, 1.82) is 5.41 Å². The number of hydrogen-bond donors (Lipinski definition) is 2. The van der Waals surface area contributed by atoms with E-state index in [1.165, 1.54) is 22.1 Å². The van der Waals surface area contributed by atoms with Crippen molar-refractivity contribution in [3.63, 3.8) is 0 Å². The normalized spacial score (nSPS) is 16.0. The first kappa shape index (κ1) is 19.7. The number of aromatic nitrogens is 3. The van der Waals surface area contributed by atoms with Crippen LogP contribution in [0.15, 0.2) is 34.0 Å². The summed E-state index contributed by atoms with van der Waals surface area (Å²) in [5, 5.41) is 12.1. The molecule has 0 unspecified atom stereocenters. The van der Waals surface area contributed by atoms with Gasteiger partial charge >= 0.3 is 0 Å². The van der Waals surface area contributed by atoms with Crippen LogP contribution < -0.4 is 20.9 Å². The number of hydrogen-bond acceptors (Lipinski definition) is 6. The number of rotatable bonds is 3. The number of carbonyl (C=O) groups excluding carboxylic acids is 1. The molecule has 3 heterocycles. The number of piperidine rings is 1.